The maximum atomic E-state index is 12.1. The van der Waals surface area contributed by atoms with E-state index in [0.29, 0.717) is 31.4 Å². The molecule has 0 radical (unpaired) electrons. The van der Waals surface area contributed by atoms with E-state index in [1.54, 1.807) is 0 Å². The molecular formula is C16H18N2O3S. The molecule has 1 aliphatic rings. The van der Waals surface area contributed by atoms with Crippen molar-refractivity contribution < 1.29 is 14.3 Å². The van der Waals surface area contributed by atoms with Gasteiger partial charge in [-0.05, 0) is 24.6 Å². The Kier molecular flexibility index (Phi) is 4.70. The van der Waals surface area contributed by atoms with Gasteiger partial charge in [0, 0.05) is 6.42 Å². The number of nitrogens with one attached hydrogen (secondary N) is 1. The van der Waals surface area contributed by atoms with Crippen LogP contribution in [-0.2, 0) is 29.0 Å². The zero-order valence-electron chi connectivity index (χ0n) is 12.4. The van der Waals surface area contributed by atoms with E-state index < -0.39 is 0 Å². The molecule has 22 heavy (non-hydrogen) atoms. The molecule has 1 aromatic heterocycles. The van der Waals surface area contributed by atoms with E-state index >= 15 is 0 Å². The molecule has 0 atom stereocenters. The van der Waals surface area contributed by atoms with Crippen molar-refractivity contribution in [3.05, 3.63) is 40.4 Å². The van der Waals surface area contributed by atoms with Crippen LogP contribution in [0.5, 0.6) is 5.75 Å². The predicted molar refractivity (Wildman–Crippen MR) is 85.4 cm³/mol. The first-order chi connectivity index (χ1) is 10.7. The van der Waals surface area contributed by atoms with Gasteiger partial charge in [-0.3, -0.25) is 4.79 Å². The van der Waals surface area contributed by atoms with E-state index in [4.69, 9.17) is 9.47 Å². The van der Waals surface area contributed by atoms with Crippen molar-refractivity contribution in [1.82, 2.24) is 4.98 Å². The number of carbonyl (C=O) groups excluding carboxylic acids is 1. The van der Waals surface area contributed by atoms with Crippen LogP contribution < -0.4 is 10.1 Å². The number of carbonyl (C=O) groups is 1. The summed E-state index contributed by atoms with van der Waals surface area (Å²) in [5.74, 6) is 0.760. The molecule has 0 unspecified atom stereocenters. The van der Waals surface area contributed by atoms with E-state index in [1.165, 1.54) is 11.3 Å². The number of aromatic nitrogens is 1. The number of hydrogen-bond acceptors (Lipinski definition) is 5. The van der Waals surface area contributed by atoms with Crippen LogP contribution in [0.25, 0.3) is 0 Å². The van der Waals surface area contributed by atoms with Gasteiger partial charge in [0.25, 0.3) is 0 Å². The zero-order valence-corrected chi connectivity index (χ0v) is 13.2. The monoisotopic (exact) mass is 318 g/mol. The highest BCUT2D eigenvalue weighted by Crippen LogP contribution is 2.27. The summed E-state index contributed by atoms with van der Waals surface area (Å²) in [5, 5.41) is 3.53. The Morgan fingerprint density at radius 2 is 2.23 bits per heavy atom. The second-order valence-electron chi connectivity index (χ2n) is 4.99. The number of thiazole rings is 1. The van der Waals surface area contributed by atoms with Gasteiger partial charge in [0.05, 0.1) is 36.8 Å². The smallest absolute Gasteiger partial charge is 0.230 e. The molecule has 6 heteroatoms. The molecule has 116 valence electrons. The molecule has 0 fully saturated rings. The number of nitrogens with zero attached hydrogens (tertiary/aromatic N) is 1. The quantitative estimate of drug-likeness (QED) is 0.921. The van der Waals surface area contributed by atoms with Crippen molar-refractivity contribution in [2.75, 3.05) is 18.5 Å². The Morgan fingerprint density at radius 3 is 2.95 bits per heavy atom. The molecule has 0 saturated carbocycles. The van der Waals surface area contributed by atoms with E-state index in [-0.39, 0.29) is 5.91 Å². The van der Waals surface area contributed by atoms with Crippen molar-refractivity contribution in [3.63, 3.8) is 0 Å². The first-order valence-corrected chi connectivity index (χ1v) is 8.14. The summed E-state index contributed by atoms with van der Waals surface area (Å²) >= 11 is 1.50. The third kappa shape index (κ3) is 3.64. The van der Waals surface area contributed by atoms with Gasteiger partial charge in [-0.1, -0.05) is 23.5 Å². The lowest BCUT2D eigenvalue weighted by molar-refractivity contribution is -0.115. The van der Waals surface area contributed by atoms with Crippen LogP contribution in [0.1, 0.15) is 23.1 Å². The lowest BCUT2D eigenvalue weighted by atomic mass is 10.1. The Bertz CT molecular complexity index is 628. The third-order valence-electron chi connectivity index (χ3n) is 3.34. The molecule has 0 bridgehead atoms. The number of rotatable bonds is 5. The Hall–Kier alpha value is -1.92. The summed E-state index contributed by atoms with van der Waals surface area (Å²) in [4.78, 5) is 17.7. The molecule has 0 aliphatic carbocycles. The van der Waals surface area contributed by atoms with Crippen molar-refractivity contribution >= 4 is 22.4 Å². The molecule has 1 N–H and O–H groups in total. The fraction of sp³-hybridized carbons (Fsp3) is 0.375. The largest absolute Gasteiger partial charge is 0.494 e. The van der Waals surface area contributed by atoms with Gasteiger partial charge in [0.2, 0.25) is 5.91 Å². The first kappa shape index (κ1) is 15.0. The van der Waals surface area contributed by atoms with E-state index in [2.05, 4.69) is 10.3 Å². The molecule has 0 saturated heterocycles. The number of ether oxygens (including phenoxy) is 2. The van der Waals surface area contributed by atoms with E-state index in [0.717, 1.165) is 28.3 Å². The summed E-state index contributed by atoms with van der Waals surface area (Å²) in [6.45, 7) is 3.89. The van der Waals surface area contributed by atoms with Gasteiger partial charge in [0.15, 0.2) is 5.13 Å². The third-order valence-corrected chi connectivity index (χ3v) is 4.33. The van der Waals surface area contributed by atoms with Gasteiger partial charge in [-0.25, -0.2) is 4.98 Å². The van der Waals surface area contributed by atoms with Gasteiger partial charge in [0.1, 0.15) is 5.75 Å². The highest BCUT2D eigenvalue weighted by molar-refractivity contribution is 7.15. The van der Waals surface area contributed by atoms with Gasteiger partial charge in [-0.2, -0.15) is 0 Å². The topological polar surface area (TPSA) is 60.5 Å². The average Bonchev–Trinajstić information content (AvgIpc) is 2.91. The summed E-state index contributed by atoms with van der Waals surface area (Å²) in [6, 6.07) is 7.58. The maximum Gasteiger partial charge on any atom is 0.230 e. The van der Waals surface area contributed by atoms with Crippen LogP contribution in [0.15, 0.2) is 24.3 Å². The summed E-state index contributed by atoms with van der Waals surface area (Å²) in [6.07, 6.45) is 1.15. The number of hydrogen-bond donors (Lipinski definition) is 1. The van der Waals surface area contributed by atoms with E-state index in [1.807, 2.05) is 31.2 Å². The summed E-state index contributed by atoms with van der Waals surface area (Å²) in [5.41, 5.74) is 2.00. The molecule has 1 amide bonds. The van der Waals surface area contributed by atoms with Crippen LogP contribution in [0.2, 0.25) is 0 Å². The number of amides is 1. The van der Waals surface area contributed by atoms with Crippen LogP contribution in [-0.4, -0.2) is 24.1 Å². The van der Waals surface area contributed by atoms with Crippen LogP contribution in [0.3, 0.4) is 0 Å². The second-order valence-corrected chi connectivity index (χ2v) is 6.08. The van der Waals surface area contributed by atoms with Crippen molar-refractivity contribution in [2.24, 2.45) is 0 Å². The van der Waals surface area contributed by atoms with Crippen LogP contribution >= 0.6 is 11.3 Å². The summed E-state index contributed by atoms with van der Waals surface area (Å²) in [7, 11) is 0. The Labute approximate surface area is 133 Å². The first-order valence-electron chi connectivity index (χ1n) is 7.32. The molecule has 1 aromatic carbocycles. The normalized spacial score (nSPS) is 13.5. The minimum atomic E-state index is -0.0591. The zero-order chi connectivity index (χ0) is 15.4. The number of benzene rings is 1. The maximum absolute atomic E-state index is 12.1. The SMILES string of the molecule is CCOc1ccc(CC(=O)Nc2nc3c(s2)COCC3)cc1. The Balaban J connectivity index is 1.58. The molecule has 1 aliphatic heterocycles. The predicted octanol–water partition coefficient (Wildman–Crippen LogP) is 2.80. The molecule has 2 heterocycles. The lowest BCUT2D eigenvalue weighted by Gasteiger charge is -2.08. The summed E-state index contributed by atoms with van der Waals surface area (Å²) < 4.78 is 10.8. The van der Waals surface area contributed by atoms with E-state index in [9.17, 15) is 4.79 Å². The van der Waals surface area contributed by atoms with Crippen molar-refractivity contribution in [1.29, 1.82) is 0 Å². The molecule has 2 aromatic rings. The molecule has 5 nitrogen and oxygen atoms in total. The van der Waals surface area contributed by atoms with Crippen LogP contribution in [0, 0.1) is 0 Å². The Morgan fingerprint density at radius 1 is 1.41 bits per heavy atom. The van der Waals surface area contributed by atoms with Crippen LogP contribution in [0.4, 0.5) is 5.13 Å². The van der Waals surface area contributed by atoms with Gasteiger partial charge >= 0.3 is 0 Å². The fourth-order valence-corrected chi connectivity index (χ4v) is 3.26. The van der Waals surface area contributed by atoms with Crippen molar-refractivity contribution in [2.45, 2.75) is 26.4 Å². The highest BCUT2D eigenvalue weighted by atomic mass is 32.1. The molecular weight excluding hydrogens is 300 g/mol. The number of fused-ring (bicyclic) bond motifs is 1. The minimum Gasteiger partial charge on any atom is -0.494 e. The molecule has 0 spiro atoms. The van der Waals surface area contributed by atoms with Gasteiger partial charge < -0.3 is 14.8 Å². The van der Waals surface area contributed by atoms with Crippen molar-refractivity contribution in [3.8, 4) is 5.75 Å². The lowest BCUT2D eigenvalue weighted by Crippen LogP contribution is -2.14. The highest BCUT2D eigenvalue weighted by Gasteiger charge is 2.16. The van der Waals surface area contributed by atoms with Gasteiger partial charge in [-0.15, -0.1) is 0 Å². The minimum absolute atomic E-state index is 0.0591. The number of anilines is 1. The second kappa shape index (κ2) is 6.89. The molecule has 3 rings (SSSR count). The standard InChI is InChI=1S/C16H18N2O3S/c1-2-21-12-5-3-11(4-6-12)9-15(19)18-16-17-13-7-8-20-10-14(13)22-16/h3-6H,2,7-10H2,1H3,(H,17,18,19). The average molecular weight is 318 g/mol. The fourth-order valence-electron chi connectivity index (χ4n) is 2.30.